The van der Waals surface area contributed by atoms with Gasteiger partial charge < -0.3 is 10.3 Å². The summed E-state index contributed by atoms with van der Waals surface area (Å²) < 4.78 is 51.2. The molecule has 1 aromatic carbocycles. The zero-order chi connectivity index (χ0) is 14.2. The average molecular weight is 275 g/mol. The van der Waals surface area contributed by atoms with Gasteiger partial charge in [0.05, 0.1) is 11.0 Å². The summed E-state index contributed by atoms with van der Waals surface area (Å²) in [6, 6.07) is 2.78. The van der Waals surface area contributed by atoms with Crippen molar-refractivity contribution in [1.82, 2.24) is 9.55 Å². The molecule has 0 fully saturated rings. The fourth-order valence-corrected chi connectivity index (χ4v) is 1.94. The van der Waals surface area contributed by atoms with Crippen LogP contribution in [0.5, 0.6) is 0 Å². The highest BCUT2D eigenvalue weighted by molar-refractivity contribution is 5.79. The van der Waals surface area contributed by atoms with Crippen molar-refractivity contribution >= 4 is 17.0 Å². The number of hydrogen-bond acceptors (Lipinski definition) is 2. The van der Waals surface area contributed by atoms with E-state index >= 15 is 0 Å². The summed E-state index contributed by atoms with van der Waals surface area (Å²) in [6.45, 7) is 1.69. The minimum absolute atomic E-state index is 0.0877. The predicted molar refractivity (Wildman–Crippen MR) is 64.1 cm³/mol. The van der Waals surface area contributed by atoms with Crippen molar-refractivity contribution < 1.29 is 17.6 Å². The highest BCUT2D eigenvalue weighted by Gasteiger charge is 2.26. The third-order valence-corrected chi connectivity index (χ3v) is 2.90. The number of nitrogens with zero attached hydrogens (tertiary/aromatic N) is 2. The van der Waals surface area contributed by atoms with Gasteiger partial charge in [0, 0.05) is 19.0 Å². The number of aromatic nitrogens is 2. The number of nitrogens with two attached hydrogens (primary N) is 1. The van der Waals surface area contributed by atoms with Crippen molar-refractivity contribution in [3.63, 3.8) is 0 Å². The van der Waals surface area contributed by atoms with Crippen LogP contribution < -0.4 is 5.73 Å². The lowest BCUT2D eigenvalue weighted by Gasteiger charge is -2.09. The Balaban J connectivity index is 2.27. The van der Waals surface area contributed by atoms with Crippen molar-refractivity contribution in [3.8, 4) is 0 Å². The smallest absolute Gasteiger partial charge is 0.369 e. The second-order valence-corrected chi connectivity index (χ2v) is 4.43. The number of imidazole rings is 1. The molecule has 0 spiro atoms. The quantitative estimate of drug-likeness (QED) is 0.872. The fourth-order valence-electron chi connectivity index (χ4n) is 1.94. The molecule has 0 aliphatic heterocycles. The number of anilines is 1. The van der Waals surface area contributed by atoms with Crippen LogP contribution in [0.3, 0.4) is 0 Å². The van der Waals surface area contributed by atoms with E-state index in [1.807, 2.05) is 0 Å². The maximum absolute atomic E-state index is 13.4. The van der Waals surface area contributed by atoms with Crippen molar-refractivity contribution in [1.29, 1.82) is 0 Å². The van der Waals surface area contributed by atoms with Gasteiger partial charge in [-0.25, -0.2) is 9.37 Å². The second kappa shape index (κ2) is 4.71. The van der Waals surface area contributed by atoms with E-state index in [2.05, 4.69) is 4.98 Å². The average Bonchev–Trinajstić information content (AvgIpc) is 2.55. The minimum atomic E-state index is -4.19. The largest absolute Gasteiger partial charge is 0.389 e. The molecule has 0 unspecified atom stereocenters. The van der Waals surface area contributed by atoms with Crippen LogP contribution in [-0.4, -0.2) is 15.7 Å². The van der Waals surface area contributed by atoms with Crippen LogP contribution in [0.4, 0.5) is 23.5 Å². The van der Waals surface area contributed by atoms with Gasteiger partial charge in [-0.05, 0) is 25.0 Å². The summed E-state index contributed by atoms with van der Waals surface area (Å²) in [4.78, 5) is 3.95. The first-order valence-electron chi connectivity index (χ1n) is 5.76. The summed E-state index contributed by atoms with van der Waals surface area (Å²) in [5.74, 6) is -0.311. The molecule has 104 valence electrons. The Morgan fingerprint density at radius 2 is 2.00 bits per heavy atom. The van der Waals surface area contributed by atoms with Crippen LogP contribution >= 0.6 is 0 Å². The van der Waals surface area contributed by atoms with E-state index in [-0.39, 0.29) is 18.9 Å². The molecule has 0 radical (unpaired) electrons. The summed E-state index contributed by atoms with van der Waals surface area (Å²) in [6.07, 6.45) is -5.16. The molecule has 2 aromatic rings. The summed E-state index contributed by atoms with van der Waals surface area (Å²) >= 11 is 0. The van der Waals surface area contributed by atoms with E-state index in [1.165, 1.54) is 10.6 Å². The Hall–Kier alpha value is -1.79. The molecular weight excluding hydrogens is 262 g/mol. The standard InChI is InChI=1S/C12H13F4N3/c1-7-5-10-9(6-8(7)13)18-11(17)19(10)4-2-3-12(14,15)16/h5-6H,2-4H2,1H3,(H2,17,18). The first kappa shape index (κ1) is 13.6. The van der Waals surface area contributed by atoms with Gasteiger partial charge in [-0.2, -0.15) is 13.2 Å². The number of rotatable bonds is 3. The van der Waals surface area contributed by atoms with Crippen LogP contribution in [0.2, 0.25) is 0 Å². The van der Waals surface area contributed by atoms with E-state index < -0.39 is 18.4 Å². The highest BCUT2D eigenvalue weighted by atomic mass is 19.4. The topological polar surface area (TPSA) is 43.8 Å². The highest BCUT2D eigenvalue weighted by Crippen LogP contribution is 2.25. The lowest BCUT2D eigenvalue weighted by molar-refractivity contribution is -0.135. The number of hydrogen-bond donors (Lipinski definition) is 1. The van der Waals surface area contributed by atoms with Gasteiger partial charge in [-0.1, -0.05) is 0 Å². The maximum Gasteiger partial charge on any atom is 0.389 e. The van der Waals surface area contributed by atoms with Gasteiger partial charge in [0.25, 0.3) is 0 Å². The molecule has 1 heterocycles. The zero-order valence-electron chi connectivity index (χ0n) is 10.3. The first-order chi connectivity index (χ1) is 8.78. The van der Waals surface area contributed by atoms with E-state index in [1.54, 1.807) is 13.0 Å². The van der Waals surface area contributed by atoms with Gasteiger partial charge >= 0.3 is 6.18 Å². The molecule has 0 aliphatic rings. The van der Waals surface area contributed by atoms with Crippen LogP contribution in [0.15, 0.2) is 12.1 Å². The molecule has 0 bridgehead atoms. The van der Waals surface area contributed by atoms with Crippen LogP contribution in [0.25, 0.3) is 11.0 Å². The lowest BCUT2D eigenvalue weighted by atomic mass is 10.2. The normalized spacial score (nSPS) is 12.3. The molecule has 0 amide bonds. The predicted octanol–water partition coefficient (Wildman–Crippen LogP) is 3.41. The Bertz CT molecular complexity index is 601. The number of fused-ring (bicyclic) bond motifs is 1. The van der Waals surface area contributed by atoms with Gasteiger partial charge in [-0.15, -0.1) is 0 Å². The second-order valence-electron chi connectivity index (χ2n) is 4.43. The molecule has 0 atom stereocenters. The zero-order valence-corrected chi connectivity index (χ0v) is 10.3. The number of halogens is 4. The van der Waals surface area contributed by atoms with E-state index in [4.69, 9.17) is 5.73 Å². The van der Waals surface area contributed by atoms with Gasteiger partial charge in [0.1, 0.15) is 5.82 Å². The number of aryl methyl sites for hydroxylation is 2. The Kier molecular flexibility index (Phi) is 3.38. The molecule has 1 aromatic heterocycles. The van der Waals surface area contributed by atoms with Crippen LogP contribution in [0.1, 0.15) is 18.4 Å². The first-order valence-corrected chi connectivity index (χ1v) is 5.76. The van der Waals surface area contributed by atoms with Gasteiger partial charge in [0.2, 0.25) is 5.95 Å². The Labute approximate surface area is 107 Å². The number of benzene rings is 1. The van der Waals surface area contributed by atoms with Crippen molar-refractivity contribution in [3.05, 3.63) is 23.5 Å². The third kappa shape index (κ3) is 2.97. The molecule has 2 rings (SSSR count). The van der Waals surface area contributed by atoms with Crippen molar-refractivity contribution in [2.75, 3.05) is 5.73 Å². The van der Waals surface area contributed by atoms with E-state index in [9.17, 15) is 17.6 Å². The Morgan fingerprint density at radius 1 is 1.32 bits per heavy atom. The minimum Gasteiger partial charge on any atom is -0.369 e. The SMILES string of the molecule is Cc1cc2c(cc1F)nc(N)n2CCCC(F)(F)F. The Morgan fingerprint density at radius 3 is 2.63 bits per heavy atom. The molecular formula is C12H13F4N3. The molecule has 0 saturated heterocycles. The summed E-state index contributed by atoms with van der Waals surface area (Å²) in [5.41, 5.74) is 6.97. The molecule has 2 N–H and O–H groups in total. The molecule has 7 heteroatoms. The van der Waals surface area contributed by atoms with E-state index in [0.29, 0.717) is 16.6 Å². The number of nitrogen functional groups attached to an aromatic ring is 1. The monoisotopic (exact) mass is 275 g/mol. The molecule has 19 heavy (non-hydrogen) atoms. The van der Waals surface area contributed by atoms with Gasteiger partial charge in [0.15, 0.2) is 0 Å². The third-order valence-electron chi connectivity index (χ3n) is 2.90. The fraction of sp³-hybridized carbons (Fsp3) is 0.417. The van der Waals surface area contributed by atoms with Crippen molar-refractivity contribution in [2.45, 2.75) is 32.5 Å². The maximum atomic E-state index is 13.4. The van der Waals surface area contributed by atoms with Gasteiger partial charge in [-0.3, -0.25) is 0 Å². The van der Waals surface area contributed by atoms with Crippen molar-refractivity contribution in [2.24, 2.45) is 0 Å². The van der Waals surface area contributed by atoms with Crippen LogP contribution in [0, 0.1) is 12.7 Å². The summed E-state index contributed by atoms with van der Waals surface area (Å²) in [5, 5.41) is 0. The van der Waals surface area contributed by atoms with E-state index in [0.717, 1.165) is 0 Å². The van der Waals surface area contributed by atoms with Crippen LogP contribution in [-0.2, 0) is 6.54 Å². The molecule has 3 nitrogen and oxygen atoms in total. The lowest BCUT2D eigenvalue weighted by Crippen LogP contribution is -2.10. The summed E-state index contributed by atoms with van der Waals surface area (Å²) in [7, 11) is 0. The molecule has 0 saturated carbocycles. The number of alkyl halides is 3. The molecule has 0 aliphatic carbocycles.